The van der Waals surface area contributed by atoms with E-state index in [1.807, 2.05) is 36.9 Å². The first-order valence-corrected chi connectivity index (χ1v) is 14.8. The predicted molar refractivity (Wildman–Crippen MR) is 159 cm³/mol. The number of nitrogens with zero attached hydrogens (tertiary/aromatic N) is 9. The molecule has 12 nitrogen and oxygen atoms in total. The third-order valence-electron chi connectivity index (χ3n) is 8.49. The number of aromatic nitrogens is 5. The first kappa shape index (κ1) is 27.8. The van der Waals surface area contributed by atoms with E-state index in [4.69, 9.17) is 35.8 Å². The second-order valence-corrected chi connectivity index (χ2v) is 11.5. The predicted octanol–water partition coefficient (Wildman–Crippen LogP) is 2.89. The van der Waals surface area contributed by atoms with Crippen molar-refractivity contribution in [3.63, 3.8) is 0 Å². The van der Waals surface area contributed by atoms with Crippen molar-refractivity contribution < 1.29 is 14.2 Å². The van der Waals surface area contributed by atoms with Crippen LogP contribution in [0.4, 0.5) is 5.95 Å². The monoisotopic (exact) mass is 601 g/mol. The number of rotatable bonds is 9. The number of piperazine rings is 1. The number of pyridine rings is 2. The first-order chi connectivity index (χ1) is 21.1. The Hall–Kier alpha value is -4.02. The summed E-state index contributed by atoms with van der Waals surface area (Å²) >= 11 is 6.29. The van der Waals surface area contributed by atoms with E-state index in [9.17, 15) is 5.26 Å². The summed E-state index contributed by atoms with van der Waals surface area (Å²) in [5.74, 6) is 1.83. The SMILES string of the molecule is COc1ncc(CN2C3CC2CN(c2ncc(-c4cc(OCCN5CCOCC5)cn5ncc(C#N)c45)cn2)C3)cc1Cl. The summed E-state index contributed by atoms with van der Waals surface area (Å²) in [5.41, 5.74) is 3.89. The zero-order valence-electron chi connectivity index (χ0n) is 23.9. The molecule has 0 aromatic carbocycles. The largest absolute Gasteiger partial charge is 0.491 e. The molecule has 0 spiro atoms. The van der Waals surface area contributed by atoms with Gasteiger partial charge in [-0.3, -0.25) is 9.80 Å². The smallest absolute Gasteiger partial charge is 0.232 e. The molecule has 0 N–H and O–H groups in total. The second-order valence-electron chi connectivity index (χ2n) is 11.1. The standard InChI is InChI=1S/C30H32ClN9O3/c1-41-29-27(31)8-20(12-33-29)16-39-23-9-24(39)18-38(17-23)30-34-13-22(14-35-30)26-10-25(19-40-28(26)21(11-32)15-36-40)43-7-4-37-2-5-42-6-3-37/h8,10,12-15,19,23-24H,2-7,9,16-18H2,1H3. The molecule has 0 radical (unpaired) electrons. The van der Waals surface area contributed by atoms with Crippen LogP contribution in [0.15, 0.2) is 43.1 Å². The van der Waals surface area contributed by atoms with Crippen LogP contribution in [0.25, 0.3) is 16.6 Å². The number of piperidine rings is 1. The van der Waals surface area contributed by atoms with Gasteiger partial charge in [0, 0.05) is 81.1 Å². The average molecular weight is 602 g/mol. The number of morpholine rings is 1. The quantitative estimate of drug-likeness (QED) is 0.282. The molecule has 2 bridgehead atoms. The van der Waals surface area contributed by atoms with Crippen LogP contribution in [0.2, 0.25) is 5.02 Å². The summed E-state index contributed by atoms with van der Waals surface area (Å²) in [6.07, 6.45) is 10.0. The lowest BCUT2D eigenvalue weighted by Crippen LogP contribution is -2.68. The molecule has 4 aromatic heterocycles. The highest BCUT2D eigenvalue weighted by Crippen LogP contribution is 2.36. The Labute approximate surface area is 254 Å². The maximum Gasteiger partial charge on any atom is 0.232 e. The summed E-state index contributed by atoms with van der Waals surface area (Å²) in [4.78, 5) is 20.9. The molecule has 222 valence electrons. The van der Waals surface area contributed by atoms with E-state index in [0.29, 0.717) is 52.4 Å². The summed E-state index contributed by atoms with van der Waals surface area (Å²) < 4.78 is 18.4. The molecule has 0 saturated carbocycles. The molecule has 4 saturated heterocycles. The third-order valence-corrected chi connectivity index (χ3v) is 8.76. The van der Waals surface area contributed by atoms with Crippen LogP contribution in [0.1, 0.15) is 17.5 Å². The van der Waals surface area contributed by atoms with E-state index < -0.39 is 0 Å². The van der Waals surface area contributed by atoms with Gasteiger partial charge in [-0.05, 0) is 24.1 Å². The molecular formula is C30H32ClN9O3. The van der Waals surface area contributed by atoms with Gasteiger partial charge >= 0.3 is 0 Å². The maximum absolute atomic E-state index is 9.74. The Bertz CT molecular complexity index is 1640. The minimum absolute atomic E-state index is 0.416. The number of nitriles is 1. The van der Waals surface area contributed by atoms with Gasteiger partial charge in [0.05, 0.1) is 43.8 Å². The van der Waals surface area contributed by atoms with Crippen LogP contribution in [-0.4, -0.2) is 106 Å². The molecule has 2 atom stereocenters. The zero-order valence-corrected chi connectivity index (χ0v) is 24.7. The van der Waals surface area contributed by atoms with Crippen molar-refractivity contribution in [3.8, 4) is 28.8 Å². The highest BCUT2D eigenvalue weighted by Gasteiger charge is 2.45. The van der Waals surface area contributed by atoms with Gasteiger partial charge < -0.3 is 19.1 Å². The van der Waals surface area contributed by atoms with Gasteiger partial charge in [-0.1, -0.05) is 11.6 Å². The van der Waals surface area contributed by atoms with E-state index in [0.717, 1.165) is 75.6 Å². The van der Waals surface area contributed by atoms with Crippen molar-refractivity contribution in [2.75, 3.05) is 64.6 Å². The molecule has 4 aliphatic heterocycles. The number of fused-ring (bicyclic) bond motifs is 3. The lowest BCUT2D eigenvalue weighted by atomic mass is 9.87. The van der Waals surface area contributed by atoms with Crippen LogP contribution < -0.4 is 14.4 Å². The van der Waals surface area contributed by atoms with Crippen molar-refractivity contribution in [3.05, 3.63) is 59.3 Å². The molecule has 4 aliphatic rings. The van der Waals surface area contributed by atoms with Crippen LogP contribution in [0.5, 0.6) is 11.6 Å². The lowest BCUT2D eigenvalue weighted by molar-refractivity contribution is -0.00904. The molecule has 13 heteroatoms. The van der Waals surface area contributed by atoms with Gasteiger partial charge in [-0.2, -0.15) is 10.4 Å². The molecular weight excluding hydrogens is 570 g/mol. The lowest BCUT2D eigenvalue weighted by Gasteiger charge is -2.56. The fourth-order valence-corrected chi connectivity index (χ4v) is 6.51. The molecule has 2 unspecified atom stereocenters. The molecule has 4 fully saturated rings. The summed E-state index contributed by atoms with van der Waals surface area (Å²) in [5, 5.41) is 14.7. The highest BCUT2D eigenvalue weighted by molar-refractivity contribution is 6.31. The van der Waals surface area contributed by atoms with Gasteiger partial charge in [0.25, 0.3) is 0 Å². The van der Waals surface area contributed by atoms with Gasteiger partial charge in [-0.15, -0.1) is 0 Å². The van der Waals surface area contributed by atoms with E-state index >= 15 is 0 Å². The van der Waals surface area contributed by atoms with E-state index in [1.165, 1.54) is 0 Å². The van der Waals surface area contributed by atoms with Crippen molar-refractivity contribution in [1.29, 1.82) is 5.26 Å². The Kier molecular flexibility index (Phi) is 7.71. The summed E-state index contributed by atoms with van der Waals surface area (Å²) in [7, 11) is 1.57. The minimum Gasteiger partial charge on any atom is -0.491 e. The number of halogens is 1. The van der Waals surface area contributed by atoms with Crippen LogP contribution in [0, 0.1) is 11.3 Å². The van der Waals surface area contributed by atoms with Gasteiger partial charge in [-0.25, -0.2) is 19.5 Å². The van der Waals surface area contributed by atoms with E-state index in [1.54, 1.807) is 17.8 Å². The van der Waals surface area contributed by atoms with E-state index in [2.05, 4.69) is 30.9 Å². The first-order valence-electron chi connectivity index (χ1n) is 14.5. The van der Waals surface area contributed by atoms with Crippen LogP contribution in [-0.2, 0) is 11.3 Å². The van der Waals surface area contributed by atoms with Crippen LogP contribution >= 0.6 is 11.6 Å². The Morgan fingerprint density at radius 3 is 2.58 bits per heavy atom. The maximum atomic E-state index is 9.74. The topological polar surface area (TPSA) is 117 Å². The van der Waals surface area contributed by atoms with Gasteiger partial charge in [0.15, 0.2) is 0 Å². The van der Waals surface area contributed by atoms with Crippen molar-refractivity contribution in [2.45, 2.75) is 25.0 Å². The molecule has 8 rings (SSSR count). The molecule has 0 aliphatic carbocycles. The van der Waals surface area contributed by atoms with Crippen LogP contribution in [0.3, 0.4) is 0 Å². The molecule has 4 aromatic rings. The fourth-order valence-electron chi connectivity index (χ4n) is 6.24. The number of ether oxygens (including phenoxy) is 3. The number of hydrogen-bond donors (Lipinski definition) is 0. The third kappa shape index (κ3) is 5.57. The van der Waals surface area contributed by atoms with E-state index in [-0.39, 0.29) is 0 Å². The van der Waals surface area contributed by atoms with Crippen molar-refractivity contribution in [1.82, 2.24) is 34.4 Å². The van der Waals surface area contributed by atoms with Crippen molar-refractivity contribution >= 4 is 23.1 Å². The Balaban J connectivity index is 1.05. The molecule has 0 amide bonds. The number of anilines is 1. The number of hydrogen-bond acceptors (Lipinski definition) is 11. The number of methoxy groups -OCH3 is 1. The second kappa shape index (κ2) is 11.9. The fraction of sp³-hybridized carbons (Fsp3) is 0.433. The van der Waals surface area contributed by atoms with Gasteiger partial charge in [0.1, 0.15) is 23.4 Å². The normalized spacial score (nSPS) is 20.5. The van der Waals surface area contributed by atoms with Crippen molar-refractivity contribution in [2.24, 2.45) is 0 Å². The average Bonchev–Trinajstić information content (AvgIpc) is 3.47. The Morgan fingerprint density at radius 2 is 1.86 bits per heavy atom. The minimum atomic E-state index is 0.416. The zero-order chi connectivity index (χ0) is 29.3. The Morgan fingerprint density at radius 1 is 1.07 bits per heavy atom. The summed E-state index contributed by atoms with van der Waals surface area (Å²) in [6, 6.07) is 6.97. The highest BCUT2D eigenvalue weighted by atomic mass is 35.5. The summed E-state index contributed by atoms with van der Waals surface area (Å²) in [6.45, 7) is 7.19. The van der Waals surface area contributed by atoms with Gasteiger partial charge in [0.2, 0.25) is 11.8 Å². The molecule has 43 heavy (non-hydrogen) atoms. The molecule has 8 heterocycles.